The SMILES string of the molecule is CNC(=O)c1cnc2ccc(CC(=O)CCCCCCCCCNC(=O)COc3cccc4c3C(=O)N(C3CCC(=O)NC3=O)C4=O)cc2c1Nc1ccccc1.CNC(=O)c1cnc2ccc(CC(=O)CCCCCCCCCNC(=O)OC(C)(C)C)cc2c1Nc1ccccc1.O=C(O)COc1cccc2c1C(=O)N(C1CCC(=O)NC1=O)C2=O. The topological polar surface area (TPSA) is 432 Å². The van der Waals surface area contributed by atoms with Gasteiger partial charge in [-0.3, -0.25) is 92.7 Å². The highest BCUT2D eigenvalue weighted by Gasteiger charge is 2.48. The number of para-hydroxylation sites is 2. The molecule has 12 amide bonds. The highest BCUT2D eigenvalue weighted by molar-refractivity contribution is 6.26. The number of anilines is 4. The quantitative estimate of drug-likeness (QED) is 0.0128. The van der Waals surface area contributed by atoms with Gasteiger partial charge in [-0.1, -0.05) is 125 Å². The first-order chi connectivity index (χ1) is 58.7. The number of hydrogen-bond donors (Lipinski definition) is 9. The number of pyridine rings is 2. The predicted molar refractivity (Wildman–Crippen MR) is 453 cm³/mol. The molecule has 0 radical (unpaired) electrons. The van der Waals surface area contributed by atoms with Crippen LogP contribution in [0, 0.1) is 0 Å². The van der Waals surface area contributed by atoms with Crippen molar-refractivity contribution in [2.75, 3.05) is 51.0 Å². The monoisotopic (exact) mass is 1670 g/mol. The summed E-state index contributed by atoms with van der Waals surface area (Å²) in [6.45, 7) is 5.64. The summed E-state index contributed by atoms with van der Waals surface area (Å²) in [6.07, 6.45) is 18.4. The second kappa shape index (κ2) is 43.9. The molecule has 122 heavy (non-hydrogen) atoms. The average molecular weight is 1670 g/mol. The second-order valence-corrected chi connectivity index (χ2v) is 30.8. The first kappa shape index (κ1) is 90.7. The molecule has 4 aliphatic heterocycles. The van der Waals surface area contributed by atoms with Gasteiger partial charge in [0.1, 0.15) is 40.8 Å². The molecular formula is C91H102N12O19. The van der Waals surface area contributed by atoms with Crippen LogP contribution < -0.4 is 52.0 Å². The lowest BCUT2D eigenvalue weighted by molar-refractivity contribution is -0.139. The molecule has 0 aliphatic carbocycles. The lowest BCUT2D eigenvalue weighted by Crippen LogP contribution is -2.54. The van der Waals surface area contributed by atoms with Crippen molar-refractivity contribution in [1.82, 2.24) is 51.7 Å². The fourth-order valence-electron chi connectivity index (χ4n) is 14.5. The van der Waals surface area contributed by atoms with E-state index in [1.165, 1.54) is 30.3 Å². The van der Waals surface area contributed by atoms with Crippen LogP contribution in [0.5, 0.6) is 11.5 Å². The van der Waals surface area contributed by atoms with Crippen LogP contribution in [0.3, 0.4) is 0 Å². The Morgan fingerprint density at radius 3 is 1.28 bits per heavy atom. The normalized spacial score (nSPS) is 14.7. The average Bonchev–Trinajstić information content (AvgIpc) is 1.61. The number of carboxylic acid groups (broad SMARTS) is 1. The summed E-state index contributed by atoms with van der Waals surface area (Å²) >= 11 is 0. The Bertz CT molecular complexity index is 5250. The van der Waals surface area contributed by atoms with E-state index in [0.29, 0.717) is 61.3 Å². The van der Waals surface area contributed by atoms with Gasteiger partial charge in [-0.05, 0) is 143 Å². The number of carboxylic acids is 1. The maximum absolute atomic E-state index is 13.2. The molecule has 9 N–H and O–H groups in total. The van der Waals surface area contributed by atoms with E-state index in [9.17, 15) is 71.9 Å². The van der Waals surface area contributed by atoms with Crippen molar-refractivity contribution < 1.29 is 91.2 Å². The maximum Gasteiger partial charge on any atom is 0.407 e. The number of piperidine rings is 2. The van der Waals surface area contributed by atoms with E-state index in [1.807, 2.05) is 118 Å². The molecule has 2 saturated heterocycles. The number of nitrogens with zero attached hydrogens (tertiary/aromatic N) is 4. The van der Waals surface area contributed by atoms with Crippen molar-refractivity contribution in [2.45, 2.75) is 180 Å². The molecule has 31 nitrogen and oxygen atoms in total. The molecule has 6 aromatic carbocycles. The van der Waals surface area contributed by atoms with E-state index < -0.39 is 77.5 Å². The van der Waals surface area contributed by atoms with E-state index in [2.05, 4.69) is 52.5 Å². The van der Waals surface area contributed by atoms with Gasteiger partial charge in [0, 0.05) is 100 Å². The molecular weight excluding hydrogens is 1570 g/mol. The molecule has 12 rings (SSSR count). The van der Waals surface area contributed by atoms with Crippen LogP contribution in [0.4, 0.5) is 27.5 Å². The van der Waals surface area contributed by atoms with Gasteiger partial charge in [0.2, 0.25) is 23.6 Å². The van der Waals surface area contributed by atoms with Gasteiger partial charge in [0.15, 0.2) is 13.2 Å². The number of benzene rings is 6. The van der Waals surface area contributed by atoms with Crippen molar-refractivity contribution in [3.8, 4) is 11.5 Å². The van der Waals surface area contributed by atoms with Crippen LogP contribution >= 0.6 is 0 Å². The van der Waals surface area contributed by atoms with Crippen LogP contribution in [0.15, 0.2) is 146 Å². The number of nitrogens with one attached hydrogen (secondary N) is 8. The number of fused-ring (bicyclic) bond motifs is 4. The molecule has 2 aromatic heterocycles. The summed E-state index contributed by atoms with van der Waals surface area (Å²) in [4.78, 5) is 195. The Morgan fingerprint density at radius 2 is 0.877 bits per heavy atom. The van der Waals surface area contributed by atoms with E-state index in [1.54, 1.807) is 32.6 Å². The predicted octanol–water partition coefficient (Wildman–Crippen LogP) is 11.8. The fraction of sp³-hybridized carbons (Fsp3) is 0.374. The van der Waals surface area contributed by atoms with Crippen molar-refractivity contribution in [3.63, 3.8) is 0 Å². The number of aromatic nitrogens is 2. The molecule has 640 valence electrons. The fourth-order valence-corrected chi connectivity index (χ4v) is 14.5. The van der Waals surface area contributed by atoms with E-state index in [0.717, 1.165) is 144 Å². The van der Waals surface area contributed by atoms with Crippen molar-refractivity contribution in [2.24, 2.45) is 0 Å². The summed E-state index contributed by atoms with van der Waals surface area (Å²) in [5.41, 5.74) is 6.71. The van der Waals surface area contributed by atoms with Crippen LogP contribution in [0.2, 0.25) is 0 Å². The highest BCUT2D eigenvalue weighted by atomic mass is 16.6. The van der Waals surface area contributed by atoms with Crippen LogP contribution in [0.1, 0.15) is 222 Å². The number of unbranched alkanes of at least 4 members (excludes halogenated alkanes) is 12. The second-order valence-electron chi connectivity index (χ2n) is 30.8. The van der Waals surface area contributed by atoms with Crippen LogP contribution in [-0.2, 0) is 55.9 Å². The van der Waals surface area contributed by atoms with Gasteiger partial charge < -0.3 is 51.2 Å². The Labute approximate surface area is 705 Å². The maximum atomic E-state index is 13.2. The Balaban J connectivity index is 0.000000208. The van der Waals surface area contributed by atoms with Gasteiger partial charge in [0.25, 0.3) is 41.4 Å². The Hall–Kier alpha value is -13.6. The lowest BCUT2D eigenvalue weighted by Gasteiger charge is -2.27. The summed E-state index contributed by atoms with van der Waals surface area (Å²) in [6, 6.07) is 37.4. The van der Waals surface area contributed by atoms with Gasteiger partial charge in [-0.15, -0.1) is 0 Å². The number of ether oxygens (including phenoxy) is 3. The minimum atomic E-state index is -1.23. The number of carbonyl (C=O) groups is 15. The summed E-state index contributed by atoms with van der Waals surface area (Å²) in [7, 11) is 3.18. The van der Waals surface area contributed by atoms with Crippen molar-refractivity contribution >= 4 is 133 Å². The molecule has 8 aromatic rings. The van der Waals surface area contributed by atoms with Gasteiger partial charge in [-0.2, -0.15) is 0 Å². The van der Waals surface area contributed by atoms with Gasteiger partial charge in [0.05, 0.1) is 55.8 Å². The Morgan fingerprint density at radius 1 is 0.475 bits per heavy atom. The lowest BCUT2D eigenvalue weighted by atomic mass is 10.00. The first-order valence-electron chi connectivity index (χ1n) is 41.1. The summed E-state index contributed by atoms with van der Waals surface area (Å²) in [5.74, 6) is -6.75. The van der Waals surface area contributed by atoms with Crippen molar-refractivity contribution in [1.29, 1.82) is 0 Å². The number of hydrogen-bond acceptors (Lipinski definition) is 22. The standard InChI is InChI=1S/C43H46N6O8.C33H44N4O4.C15H12N2O7/c1-44-40(53)32-25-46-33-19-18-27(24-31(33)39(32)47-28-13-8-7-9-14-28)23-29(50)15-10-5-3-2-4-6-11-22-45-37(52)26-57-35-17-12-16-30-38(35)43(56)49(42(30)55)34-20-21-36(51)48-41(34)54;1-33(2,3)41-32(40)35-20-14-9-7-5-6-8-13-17-26(38)21-24-18-19-29-27(22-24)30(28(23-36-29)31(39)34-4)37-25-15-11-10-12-16-25;18-10-5-4-8(13(21)16-10)17-14(22)7-2-1-3-9(12(7)15(17)23)24-6-11(19)20/h7-9,12-14,16-19,24-25,34H,2-6,10-11,15,20-23,26H2,1H3,(H,44,53)(H,45,52)(H,46,47)(H,48,51,54);10-12,15-16,18-19,22-23H,5-9,13-14,17,20-21H2,1-4H3,(H,34,39)(H,35,40)(H,36,37);1-3,8H,4-6H2,(H,19,20)(H,16,18,21). The molecule has 0 spiro atoms. The third-order valence-electron chi connectivity index (χ3n) is 20.5. The molecule has 2 atom stereocenters. The third kappa shape index (κ3) is 25.0. The highest BCUT2D eigenvalue weighted by Crippen LogP contribution is 2.37. The number of amides is 12. The van der Waals surface area contributed by atoms with E-state index in [-0.39, 0.29) is 101 Å². The number of carbonyl (C=O) groups excluding carboxylic acids is 14. The smallest absolute Gasteiger partial charge is 0.407 e. The molecule has 2 fully saturated rings. The zero-order valence-electron chi connectivity index (χ0n) is 69.0. The van der Waals surface area contributed by atoms with Crippen molar-refractivity contribution in [3.05, 3.63) is 190 Å². The molecule has 31 heteroatoms. The zero-order valence-corrected chi connectivity index (χ0v) is 69.0. The Kier molecular flexibility index (Phi) is 32.6. The van der Waals surface area contributed by atoms with Crippen LogP contribution in [-0.4, -0.2) is 172 Å². The van der Waals surface area contributed by atoms with Gasteiger partial charge in [-0.25, -0.2) is 9.59 Å². The molecule has 2 unspecified atom stereocenters. The third-order valence-corrected chi connectivity index (χ3v) is 20.5. The molecule has 4 aliphatic rings. The van der Waals surface area contributed by atoms with E-state index in [4.69, 9.17) is 19.3 Å². The number of ketones is 2. The summed E-state index contributed by atoms with van der Waals surface area (Å²) in [5, 5.41) is 32.3. The number of rotatable bonds is 38. The molecule has 0 bridgehead atoms. The number of aliphatic carboxylic acids is 1. The van der Waals surface area contributed by atoms with Gasteiger partial charge >= 0.3 is 12.1 Å². The molecule has 0 saturated carbocycles. The largest absolute Gasteiger partial charge is 0.483 e. The number of Topliss-reactive ketones (excluding diaryl/α,β-unsaturated/α-hetero) is 2. The zero-order chi connectivity index (χ0) is 87.4. The minimum Gasteiger partial charge on any atom is -0.483 e. The first-order valence-corrected chi connectivity index (χ1v) is 41.1. The summed E-state index contributed by atoms with van der Waals surface area (Å²) < 4.78 is 15.9. The minimum absolute atomic E-state index is 0.00307. The number of alkyl carbamates (subject to hydrolysis) is 1. The molecule has 6 heterocycles. The number of imide groups is 4. The van der Waals surface area contributed by atoms with Crippen LogP contribution in [0.25, 0.3) is 21.8 Å². The van der Waals surface area contributed by atoms with E-state index >= 15 is 0 Å².